The lowest BCUT2D eigenvalue weighted by atomic mass is 9.92. The molecule has 1 fully saturated rings. The van der Waals surface area contributed by atoms with Crippen molar-refractivity contribution < 1.29 is 9.53 Å². The molecule has 3 aromatic rings. The first-order chi connectivity index (χ1) is 15.1. The summed E-state index contributed by atoms with van der Waals surface area (Å²) in [5, 5.41) is 4.19. The molecular weight excluding hydrogens is 408 g/mol. The van der Waals surface area contributed by atoms with E-state index >= 15 is 0 Å². The van der Waals surface area contributed by atoms with Crippen molar-refractivity contribution >= 4 is 28.3 Å². The number of ether oxygens (including phenoxy) is 1. The standard InChI is InChI=1S/C24H28N4O2S/c1-3-30-23(29)17(2)28-14-12-18(13-15-28)20-10-7-11-22(26-20)27-24-25-16-21(31-24)19-8-5-4-6-9-19/h4-11,16-18H,3,12-15H2,1-2H3,(H,25,26,27). The van der Waals surface area contributed by atoms with Crippen molar-refractivity contribution in [2.45, 2.75) is 38.6 Å². The SMILES string of the molecule is CCOC(=O)C(C)N1CCC(c2cccc(Nc3ncc(-c4ccccc4)s3)n2)CC1. The zero-order chi connectivity index (χ0) is 21.6. The minimum Gasteiger partial charge on any atom is -0.465 e. The fourth-order valence-electron chi connectivity index (χ4n) is 3.92. The fourth-order valence-corrected chi connectivity index (χ4v) is 4.75. The fraction of sp³-hybridized carbons (Fsp3) is 0.375. The summed E-state index contributed by atoms with van der Waals surface area (Å²) in [6.07, 6.45) is 3.86. The second-order valence-corrected chi connectivity index (χ2v) is 8.74. The van der Waals surface area contributed by atoms with Gasteiger partial charge in [0.2, 0.25) is 0 Å². The lowest BCUT2D eigenvalue weighted by molar-refractivity contribution is -0.149. The summed E-state index contributed by atoms with van der Waals surface area (Å²) in [6, 6.07) is 16.2. The molecule has 1 aliphatic heterocycles. The van der Waals surface area contributed by atoms with E-state index in [0.717, 1.165) is 47.5 Å². The van der Waals surface area contributed by atoms with Crippen LogP contribution in [0.5, 0.6) is 0 Å². The molecule has 7 heteroatoms. The van der Waals surface area contributed by atoms with Gasteiger partial charge in [0.15, 0.2) is 5.13 Å². The van der Waals surface area contributed by atoms with E-state index in [1.807, 2.05) is 50.4 Å². The number of esters is 1. The van der Waals surface area contributed by atoms with Crippen molar-refractivity contribution in [3.63, 3.8) is 0 Å². The molecule has 0 aliphatic carbocycles. The van der Waals surface area contributed by atoms with Gasteiger partial charge in [-0.25, -0.2) is 9.97 Å². The number of pyridine rings is 1. The summed E-state index contributed by atoms with van der Waals surface area (Å²) in [7, 11) is 0. The number of benzene rings is 1. The van der Waals surface area contributed by atoms with E-state index in [-0.39, 0.29) is 12.0 Å². The van der Waals surface area contributed by atoms with Gasteiger partial charge in [-0.05, 0) is 57.5 Å². The van der Waals surface area contributed by atoms with Crippen molar-refractivity contribution in [2.75, 3.05) is 25.0 Å². The summed E-state index contributed by atoms with van der Waals surface area (Å²) in [5.41, 5.74) is 2.26. The Morgan fingerprint density at radius 3 is 2.71 bits per heavy atom. The number of rotatable bonds is 7. The molecule has 1 saturated heterocycles. The Balaban J connectivity index is 1.37. The first-order valence-electron chi connectivity index (χ1n) is 10.8. The molecule has 1 aliphatic rings. The highest BCUT2D eigenvalue weighted by atomic mass is 32.1. The number of likely N-dealkylation sites (tertiary alicyclic amines) is 1. The van der Waals surface area contributed by atoms with Gasteiger partial charge in [-0.1, -0.05) is 47.7 Å². The van der Waals surface area contributed by atoms with Crippen molar-refractivity contribution in [3.8, 4) is 10.4 Å². The van der Waals surface area contributed by atoms with Gasteiger partial charge in [-0.15, -0.1) is 0 Å². The Morgan fingerprint density at radius 1 is 1.19 bits per heavy atom. The highest BCUT2D eigenvalue weighted by Crippen LogP contribution is 2.32. The number of thiazole rings is 1. The molecule has 1 N–H and O–H groups in total. The number of carbonyl (C=O) groups excluding carboxylic acids is 1. The monoisotopic (exact) mass is 436 g/mol. The first-order valence-corrected chi connectivity index (χ1v) is 11.6. The highest BCUT2D eigenvalue weighted by Gasteiger charge is 2.28. The van der Waals surface area contributed by atoms with Crippen molar-refractivity contribution in [3.05, 3.63) is 60.4 Å². The van der Waals surface area contributed by atoms with Crippen LogP contribution in [0.25, 0.3) is 10.4 Å². The van der Waals surface area contributed by atoms with Crippen LogP contribution in [0.2, 0.25) is 0 Å². The third-order valence-electron chi connectivity index (χ3n) is 5.69. The molecule has 162 valence electrons. The van der Waals surface area contributed by atoms with E-state index in [1.54, 1.807) is 11.3 Å². The number of hydrogen-bond acceptors (Lipinski definition) is 7. The Hall–Kier alpha value is -2.77. The van der Waals surface area contributed by atoms with Gasteiger partial charge in [0.1, 0.15) is 11.9 Å². The molecule has 2 aromatic heterocycles. The third kappa shape index (κ3) is 5.29. The number of nitrogens with zero attached hydrogens (tertiary/aromatic N) is 3. The summed E-state index contributed by atoms with van der Waals surface area (Å²) in [6.45, 7) is 5.94. The maximum absolute atomic E-state index is 12.0. The van der Waals surface area contributed by atoms with Crippen molar-refractivity contribution in [2.24, 2.45) is 0 Å². The van der Waals surface area contributed by atoms with Gasteiger partial charge < -0.3 is 10.1 Å². The van der Waals surface area contributed by atoms with Gasteiger partial charge >= 0.3 is 5.97 Å². The molecule has 4 rings (SSSR count). The first kappa shape index (κ1) is 21.5. The molecule has 0 bridgehead atoms. The van der Waals surface area contributed by atoms with Crippen molar-refractivity contribution in [1.82, 2.24) is 14.9 Å². The lowest BCUT2D eigenvalue weighted by Crippen LogP contribution is -2.44. The molecule has 1 unspecified atom stereocenters. The predicted octanol–water partition coefficient (Wildman–Crippen LogP) is 5.08. The van der Waals surface area contributed by atoms with Crippen LogP contribution in [0.15, 0.2) is 54.7 Å². The van der Waals surface area contributed by atoms with E-state index in [0.29, 0.717) is 12.5 Å². The topological polar surface area (TPSA) is 67.3 Å². The van der Waals surface area contributed by atoms with Crippen LogP contribution < -0.4 is 5.32 Å². The predicted molar refractivity (Wildman–Crippen MR) is 125 cm³/mol. The average molecular weight is 437 g/mol. The minimum absolute atomic E-state index is 0.136. The lowest BCUT2D eigenvalue weighted by Gasteiger charge is -2.34. The van der Waals surface area contributed by atoms with Crippen LogP contribution in [-0.4, -0.2) is 46.6 Å². The summed E-state index contributed by atoms with van der Waals surface area (Å²) in [4.78, 5) is 24.7. The second-order valence-electron chi connectivity index (χ2n) is 7.71. The van der Waals surface area contributed by atoms with Gasteiger partial charge in [-0.2, -0.15) is 0 Å². The molecule has 3 heterocycles. The number of nitrogens with one attached hydrogen (secondary N) is 1. The average Bonchev–Trinajstić information content (AvgIpc) is 3.28. The zero-order valence-corrected chi connectivity index (χ0v) is 18.8. The van der Waals surface area contributed by atoms with Gasteiger partial charge in [0, 0.05) is 17.8 Å². The zero-order valence-electron chi connectivity index (χ0n) is 18.0. The van der Waals surface area contributed by atoms with E-state index in [9.17, 15) is 4.79 Å². The largest absolute Gasteiger partial charge is 0.465 e. The molecule has 31 heavy (non-hydrogen) atoms. The highest BCUT2D eigenvalue weighted by molar-refractivity contribution is 7.18. The summed E-state index contributed by atoms with van der Waals surface area (Å²) < 4.78 is 5.16. The van der Waals surface area contributed by atoms with Crippen LogP contribution in [0.4, 0.5) is 10.9 Å². The van der Waals surface area contributed by atoms with Crippen LogP contribution in [0.3, 0.4) is 0 Å². The van der Waals surface area contributed by atoms with E-state index in [4.69, 9.17) is 9.72 Å². The number of hydrogen-bond donors (Lipinski definition) is 1. The van der Waals surface area contributed by atoms with E-state index < -0.39 is 0 Å². The van der Waals surface area contributed by atoms with Gasteiger partial charge in [0.05, 0.1) is 11.5 Å². The quantitative estimate of drug-likeness (QED) is 0.521. The molecule has 0 amide bonds. The number of piperidine rings is 1. The van der Waals surface area contributed by atoms with E-state index in [1.165, 1.54) is 5.56 Å². The van der Waals surface area contributed by atoms with E-state index in [2.05, 4.69) is 33.4 Å². The second kappa shape index (κ2) is 10.0. The smallest absolute Gasteiger partial charge is 0.323 e. The number of anilines is 2. The minimum atomic E-state index is -0.189. The molecule has 1 aromatic carbocycles. The van der Waals surface area contributed by atoms with Crippen LogP contribution in [-0.2, 0) is 9.53 Å². The maximum atomic E-state index is 12.0. The Bertz CT molecular complexity index is 1000. The summed E-state index contributed by atoms with van der Waals surface area (Å²) >= 11 is 1.62. The summed E-state index contributed by atoms with van der Waals surface area (Å²) in [5.74, 6) is 1.07. The molecule has 0 spiro atoms. The molecule has 0 radical (unpaired) electrons. The normalized spacial score (nSPS) is 16.1. The maximum Gasteiger partial charge on any atom is 0.323 e. The third-order valence-corrected chi connectivity index (χ3v) is 6.65. The molecular formula is C24H28N4O2S. The number of carbonyl (C=O) groups is 1. The van der Waals surface area contributed by atoms with Gasteiger partial charge in [0.25, 0.3) is 0 Å². The number of aromatic nitrogens is 2. The van der Waals surface area contributed by atoms with Crippen LogP contribution in [0, 0.1) is 0 Å². The Labute approximate surface area is 187 Å². The van der Waals surface area contributed by atoms with Crippen LogP contribution in [0.1, 0.15) is 38.3 Å². The molecule has 6 nitrogen and oxygen atoms in total. The molecule has 1 atom stereocenters. The molecule has 0 saturated carbocycles. The Kier molecular flexibility index (Phi) is 6.94. The van der Waals surface area contributed by atoms with Crippen molar-refractivity contribution in [1.29, 1.82) is 0 Å². The van der Waals surface area contributed by atoms with Crippen LogP contribution >= 0.6 is 11.3 Å². The van der Waals surface area contributed by atoms with Gasteiger partial charge in [-0.3, -0.25) is 9.69 Å². The Morgan fingerprint density at radius 2 is 1.97 bits per heavy atom.